The van der Waals surface area contributed by atoms with E-state index in [0.717, 1.165) is 10.8 Å². The van der Waals surface area contributed by atoms with Crippen LogP contribution in [-0.2, 0) is 0 Å². The molecular formula is C9H11N3O2S. The molecule has 80 valence electrons. The highest BCUT2D eigenvalue weighted by molar-refractivity contribution is 8.14. The minimum Gasteiger partial charge on any atom is -0.280 e. The molecule has 0 radical (unpaired) electrons. The van der Waals surface area contributed by atoms with Crippen LogP contribution in [0.25, 0.3) is 0 Å². The maximum Gasteiger partial charge on any atom is 0.287 e. The van der Waals surface area contributed by atoms with Gasteiger partial charge >= 0.3 is 0 Å². The molecule has 0 atom stereocenters. The third kappa shape index (κ3) is 3.02. The largest absolute Gasteiger partial charge is 0.287 e. The first-order chi connectivity index (χ1) is 7.19. The minimum absolute atomic E-state index is 0.00398. The highest BCUT2D eigenvalue weighted by Crippen LogP contribution is 2.14. The zero-order valence-electron chi connectivity index (χ0n) is 8.51. The normalized spacial score (nSPS) is 11.5. The van der Waals surface area contributed by atoms with E-state index in [1.165, 1.54) is 12.3 Å². The lowest BCUT2D eigenvalue weighted by atomic mass is 10.3. The molecule has 0 bridgehead atoms. The van der Waals surface area contributed by atoms with Crippen molar-refractivity contribution in [3.63, 3.8) is 0 Å². The van der Waals surface area contributed by atoms with Crippen molar-refractivity contribution in [2.24, 2.45) is 4.99 Å². The van der Waals surface area contributed by atoms with Gasteiger partial charge in [-0.15, -0.1) is 11.8 Å². The molecule has 0 unspecified atom stereocenters. The molecule has 6 heteroatoms. The number of rotatable bonds is 3. The van der Waals surface area contributed by atoms with E-state index in [-0.39, 0.29) is 5.69 Å². The van der Waals surface area contributed by atoms with Gasteiger partial charge in [0.05, 0.1) is 10.6 Å². The fraction of sp³-hybridized carbons (Fsp3) is 0.333. The van der Waals surface area contributed by atoms with Gasteiger partial charge in [-0.25, -0.2) is 4.98 Å². The zero-order valence-corrected chi connectivity index (χ0v) is 9.32. The first-order valence-electron chi connectivity index (χ1n) is 4.39. The van der Waals surface area contributed by atoms with Crippen LogP contribution >= 0.6 is 11.8 Å². The SMILES string of the molecule is CCSC(=NC)c1ccc([N+](=O)[O-])cn1. The topological polar surface area (TPSA) is 68.4 Å². The van der Waals surface area contributed by atoms with E-state index >= 15 is 0 Å². The molecule has 0 aliphatic rings. The molecule has 0 spiro atoms. The molecule has 0 aromatic carbocycles. The number of hydrogen-bond donors (Lipinski definition) is 0. The second-order valence-electron chi connectivity index (χ2n) is 2.62. The number of nitro groups is 1. The van der Waals surface area contributed by atoms with Crippen LogP contribution in [-0.4, -0.2) is 27.8 Å². The van der Waals surface area contributed by atoms with Gasteiger partial charge in [0.25, 0.3) is 5.69 Å². The highest BCUT2D eigenvalue weighted by Gasteiger charge is 2.08. The Morgan fingerprint density at radius 3 is 2.80 bits per heavy atom. The predicted octanol–water partition coefficient (Wildman–Crippen LogP) is 2.12. The second-order valence-corrected chi connectivity index (χ2v) is 3.87. The summed E-state index contributed by atoms with van der Waals surface area (Å²) in [6.45, 7) is 2.02. The Morgan fingerprint density at radius 1 is 1.67 bits per heavy atom. The van der Waals surface area contributed by atoms with Crippen molar-refractivity contribution >= 4 is 22.5 Å². The minimum atomic E-state index is -0.466. The van der Waals surface area contributed by atoms with Crippen LogP contribution < -0.4 is 0 Å². The number of aliphatic imine (C=N–C) groups is 1. The van der Waals surface area contributed by atoms with Crippen molar-refractivity contribution in [1.82, 2.24) is 4.98 Å². The molecule has 0 fully saturated rings. The van der Waals surface area contributed by atoms with Gasteiger partial charge in [-0.2, -0.15) is 0 Å². The van der Waals surface area contributed by atoms with Crippen LogP contribution in [0.2, 0.25) is 0 Å². The van der Waals surface area contributed by atoms with E-state index in [9.17, 15) is 10.1 Å². The maximum absolute atomic E-state index is 10.4. The zero-order chi connectivity index (χ0) is 11.3. The molecule has 0 aliphatic carbocycles. The molecule has 1 heterocycles. The number of hydrogen-bond acceptors (Lipinski definition) is 5. The molecule has 0 amide bonds. The van der Waals surface area contributed by atoms with Crippen molar-refractivity contribution in [3.05, 3.63) is 34.1 Å². The van der Waals surface area contributed by atoms with Crippen LogP contribution in [0.3, 0.4) is 0 Å². The van der Waals surface area contributed by atoms with E-state index in [4.69, 9.17) is 0 Å². The van der Waals surface area contributed by atoms with Crippen LogP contribution in [0.4, 0.5) is 5.69 Å². The van der Waals surface area contributed by atoms with Gasteiger partial charge in [0, 0.05) is 13.1 Å². The highest BCUT2D eigenvalue weighted by atomic mass is 32.2. The van der Waals surface area contributed by atoms with Crippen LogP contribution in [0, 0.1) is 10.1 Å². The van der Waals surface area contributed by atoms with Crippen LogP contribution in [0.5, 0.6) is 0 Å². The lowest BCUT2D eigenvalue weighted by molar-refractivity contribution is -0.385. The first kappa shape index (κ1) is 11.6. The Morgan fingerprint density at radius 2 is 2.40 bits per heavy atom. The van der Waals surface area contributed by atoms with Crippen molar-refractivity contribution in [1.29, 1.82) is 0 Å². The summed E-state index contributed by atoms with van der Waals surface area (Å²) in [5.74, 6) is 0.894. The third-order valence-corrected chi connectivity index (χ3v) is 2.62. The van der Waals surface area contributed by atoms with E-state index in [2.05, 4.69) is 9.98 Å². The molecule has 0 saturated carbocycles. The monoisotopic (exact) mass is 225 g/mol. The third-order valence-electron chi connectivity index (χ3n) is 1.66. The molecule has 1 aromatic heterocycles. The summed E-state index contributed by atoms with van der Waals surface area (Å²) >= 11 is 1.56. The van der Waals surface area contributed by atoms with Gasteiger partial charge in [-0.05, 0) is 11.8 Å². The maximum atomic E-state index is 10.4. The van der Waals surface area contributed by atoms with Crippen molar-refractivity contribution < 1.29 is 4.92 Å². The first-order valence-corrected chi connectivity index (χ1v) is 5.38. The number of aromatic nitrogens is 1. The Bertz CT molecular complexity index is 375. The van der Waals surface area contributed by atoms with Crippen molar-refractivity contribution in [2.75, 3.05) is 12.8 Å². The summed E-state index contributed by atoms with van der Waals surface area (Å²) in [4.78, 5) is 18.0. The lowest BCUT2D eigenvalue weighted by Gasteiger charge is -2.01. The van der Waals surface area contributed by atoms with Crippen molar-refractivity contribution in [3.8, 4) is 0 Å². The van der Waals surface area contributed by atoms with Crippen molar-refractivity contribution in [2.45, 2.75) is 6.92 Å². The van der Waals surface area contributed by atoms with Gasteiger partial charge in [0.15, 0.2) is 0 Å². The number of thioether (sulfide) groups is 1. The Hall–Kier alpha value is -1.43. The molecule has 0 N–H and O–H groups in total. The summed E-state index contributed by atoms with van der Waals surface area (Å²) in [6, 6.07) is 3.05. The summed E-state index contributed by atoms with van der Waals surface area (Å²) in [5.41, 5.74) is 0.672. The Labute approximate surface area is 91.8 Å². The lowest BCUT2D eigenvalue weighted by Crippen LogP contribution is -2.00. The molecule has 1 rings (SSSR count). The molecular weight excluding hydrogens is 214 g/mol. The van der Waals surface area contributed by atoms with E-state index in [1.807, 2.05) is 6.92 Å². The van der Waals surface area contributed by atoms with Gasteiger partial charge in [-0.1, -0.05) is 6.92 Å². The number of pyridine rings is 1. The predicted molar refractivity (Wildman–Crippen MR) is 61.5 cm³/mol. The molecule has 0 aliphatic heterocycles. The molecule has 5 nitrogen and oxygen atoms in total. The smallest absolute Gasteiger partial charge is 0.280 e. The average molecular weight is 225 g/mol. The summed E-state index contributed by atoms with van der Waals surface area (Å²) in [5, 5.41) is 11.2. The fourth-order valence-corrected chi connectivity index (χ4v) is 1.68. The number of nitrogens with zero attached hydrogens (tertiary/aromatic N) is 3. The van der Waals surface area contributed by atoms with E-state index < -0.39 is 4.92 Å². The van der Waals surface area contributed by atoms with Crippen LogP contribution in [0.1, 0.15) is 12.6 Å². The van der Waals surface area contributed by atoms with Gasteiger partial charge < -0.3 is 0 Å². The quantitative estimate of drug-likeness (QED) is 0.342. The van der Waals surface area contributed by atoms with Gasteiger partial charge in [0.2, 0.25) is 0 Å². The average Bonchev–Trinajstić information content (AvgIpc) is 2.26. The standard InChI is InChI=1S/C9H11N3O2S/c1-3-15-9(10-2)8-5-4-7(6-11-8)12(13)14/h4-6H,3H2,1-2H3. The fourth-order valence-electron chi connectivity index (χ4n) is 1.01. The Kier molecular flexibility index (Phi) is 4.23. The summed E-state index contributed by atoms with van der Waals surface area (Å²) < 4.78 is 0. The van der Waals surface area contributed by atoms with Gasteiger partial charge in [-0.3, -0.25) is 15.1 Å². The Balaban J connectivity index is 2.92. The van der Waals surface area contributed by atoms with Gasteiger partial charge in [0.1, 0.15) is 11.2 Å². The summed E-state index contributed by atoms with van der Waals surface area (Å²) in [6.07, 6.45) is 1.25. The summed E-state index contributed by atoms with van der Waals surface area (Å²) in [7, 11) is 1.68. The molecule has 15 heavy (non-hydrogen) atoms. The second kappa shape index (κ2) is 5.45. The molecule has 1 aromatic rings. The van der Waals surface area contributed by atoms with Crippen LogP contribution in [0.15, 0.2) is 23.3 Å². The molecule has 0 saturated heterocycles. The van der Waals surface area contributed by atoms with E-state index in [1.54, 1.807) is 24.9 Å². The van der Waals surface area contributed by atoms with E-state index in [0.29, 0.717) is 5.69 Å².